The van der Waals surface area contributed by atoms with Gasteiger partial charge in [-0.05, 0) is 30.5 Å². The molecule has 0 bridgehead atoms. The number of halogens is 2. The molecule has 6 heteroatoms. The van der Waals surface area contributed by atoms with Crippen molar-refractivity contribution in [3.63, 3.8) is 0 Å². The molecule has 0 atom stereocenters. The van der Waals surface area contributed by atoms with Crippen LogP contribution in [0.3, 0.4) is 0 Å². The maximum Gasteiger partial charge on any atom is 0.317 e. The van der Waals surface area contributed by atoms with E-state index in [1.807, 2.05) is 4.90 Å². The molecule has 1 aromatic rings. The summed E-state index contributed by atoms with van der Waals surface area (Å²) in [7, 11) is 0. The Bertz CT molecular complexity index is 509. The molecule has 2 heterocycles. The SMILES string of the molecule is O=C1NCCN1C1CCN(Cc2cc(F)cc(F)c2)CC1. The molecule has 1 N–H and O–H groups in total. The molecule has 3 rings (SSSR count). The van der Waals surface area contributed by atoms with Crippen molar-refractivity contribution >= 4 is 6.03 Å². The largest absolute Gasteiger partial charge is 0.336 e. The van der Waals surface area contributed by atoms with Crippen LogP contribution in [-0.4, -0.2) is 48.1 Å². The molecule has 114 valence electrons. The first-order valence-corrected chi connectivity index (χ1v) is 7.33. The van der Waals surface area contributed by atoms with E-state index in [9.17, 15) is 13.6 Å². The highest BCUT2D eigenvalue weighted by atomic mass is 19.1. The first-order valence-electron chi connectivity index (χ1n) is 7.33. The second kappa shape index (κ2) is 5.97. The lowest BCUT2D eigenvalue weighted by molar-refractivity contribution is 0.132. The van der Waals surface area contributed by atoms with Gasteiger partial charge in [-0.1, -0.05) is 0 Å². The first kappa shape index (κ1) is 14.3. The highest BCUT2D eigenvalue weighted by Gasteiger charge is 2.30. The summed E-state index contributed by atoms with van der Waals surface area (Å²) in [5, 5.41) is 2.82. The van der Waals surface area contributed by atoms with Crippen LogP contribution in [0.25, 0.3) is 0 Å². The number of urea groups is 1. The second-order valence-corrected chi connectivity index (χ2v) is 5.71. The van der Waals surface area contributed by atoms with Gasteiger partial charge in [0.15, 0.2) is 0 Å². The van der Waals surface area contributed by atoms with Crippen molar-refractivity contribution in [3.8, 4) is 0 Å². The van der Waals surface area contributed by atoms with Gasteiger partial charge in [0.25, 0.3) is 0 Å². The van der Waals surface area contributed by atoms with Crippen LogP contribution < -0.4 is 5.32 Å². The quantitative estimate of drug-likeness (QED) is 0.925. The fourth-order valence-corrected chi connectivity index (χ4v) is 3.18. The lowest BCUT2D eigenvalue weighted by Crippen LogP contribution is -2.45. The number of amides is 2. The molecule has 0 aromatic heterocycles. The Balaban J connectivity index is 1.55. The standard InChI is InChI=1S/C15H19F2N3O/c16-12-7-11(8-13(17)9-12)10-19-4-1-14(2-5-19)20-6-3-18-15(20)21/h7-9,14H,1-6,10H2,(H,18,21). The number of piperidine rings is 1. The average molecular weight is 295 g/mol. The van der Waals surface area contributed by atoms with Crippen LogP contribution in [0.1, 0.15) is 18.4 Å². The zero-order chi connectivity index (χ0) is 14.8. The zero-order valence-electron chi connectivity index (χ0n) is 11.8. The van der Waals surface area contributed by atoms with E-state index < -0.39 is 11.6 Å². The summed E-state index contributed by atoms with van der Waals surface area (Å²) < 4.78 is 26.4. The summed E-state index contributed by atoms with van der Waals surface area (Å²) in [6.45, 7) is 3.73. The number of hydrogen-bond acceptors (Lipinski definition) is 2. The van der Waals surface area contributed by atoms with Gasteiger partial charge < -0.3 is 10.2 Å². The van der Waals surface area contributed by atoms with E-state index in [0.717, 1.165) is 45.1 Å². The summed E-state index contributed by atoms with van der Waals surface area (Å²) in [5.41, 5.74) is 0.657. The third-order valence-corrected chi connectivity index (χ3v) is 4.22. The van der Waals surface area contributed by atoms with Crippen molar-refractivity contribution in [2.75, 3.05) is 26.2 Å². The smallest absolute Gasteiger partial charge is 0.317 e. The number of carbonyl (C=O) groups is 1. The van der Waals surface area contributed by atoms with Crippen LogP contribution in [0.15, 0.2) is 18.2 Å². The number of nitrogens with one attached hydrogen (secondary N) is 1. The molecular formula is C15H19F2N3O. The number of hydrogen-bond donors (Lipinski definition) is 1. The fourth-order valence-electron chi connectivity index (χ4n) is 3.18. The molecule has 2 saturated heterocycles. The van der Waals surface area contributed by atoms with Crippen LogP contribution in [0.2, 0.25) is 0 Å². The van der Waals surface area contributed by atoms with Gasteiger partial charge in [-0.25, -0.2) is 13.6 Å². The number of rotatable bonds is 3. The Kier molecular flexibility index (Phi) is 4.05. The highest BCUT2D eigenvalue weighted by Crippen LogP contribution is 2.20. The molecular weight excluding hydrogens is 276 g/mol. The number of carbonyl (C=O) groups excluding carboxylic acids is 1. The Hall–Kier alpha value is -1.69. The minimum Gasteiger partial charge on any atom is -0.336 e. The number of likely N-dealkylation sites (tertiary alicyclic amines) is 1. The van der Waals surface area contributed by atoms with Gasteiger partial charge >= 0.3 is 6.03 Å². The first-order chi connectivity index (χ1) is 10.1. The van der Waals surface area contributed by atoms with E-state index in [0.29, 0.717) is 12.1 Å². The molecule has 2 aliphatic heterocycles. The molecule has 2 fully saturated rings. The minimum atomic E-state index is -0.534. The predicted molar refractivity (Wildman–Crippen MR) is 74.8 cm³/mol. The molecule has 1 aromatic carbocycles. The number of nitrogens with zero attached hydrogens (tertiary/aromatic N) is 2. The lowest BCUT2D eigenvalue weighted by Gasteiger charge is -2.36. The molecule has 0 spiro atoms. The highest BCUT2D eigenvalue weighted by molar-refractivity contribution is 5.76. The maximum absolute atomic E-state index is 13.2. The Morgan fingerprint density at radius 3 is 2.33 bits per heavy atom. The normalized spacial score (nSPS) is 20.9. The van der Waals surface area contributed by atoms with Crippen molar-refractivity contribution in [2.45, 2.75) is 25.4 Å². The lowest BCUT2D eigenvalue weighted by atomic mass is 10.0. The van der Waals surface area contributed by atoms with Crippen molar-refractivity contribution in [3.05, 3.63) is 35.4 Å². The molecule has 2 amide bonds. The molecule has 0 unspecified atom stereocenters. The van der Waals surface area contributed by atoms with Crippen LogP contribution in [0.5, 0.6) is 0 Å². The zero-order valence-corrected chi connectivity index (χ0v) is 11.8. The molecule has 0 saturated carbocycles. The monoisotopic (exact) mass is 295 g/mol. The van der Waals surface area contributed by atoms with Crippen LogP contribution >= 0.6 is 0 Å². The summed E-state index contributed by atoms with van der Waals surface area (Å²) in [6.07, 6.45) is 1.82. The van der Waals surface area contributed by atoms with E-state index in [1.54, 1.807) is 0 Å². The Morgan fingerprint density at radius 2 is 1.76 bits per heavy atom. The predicted octanol–water partition coefficient (Wildman–Crippen LogP) is 1.95. The van der Waals surface area contributed by atoms with Crippen molar-refractivity contribution in [2.24, 2.45) is 0 Å². The van der Waals surface area contributed by atoms with Crippen molar-refractivity contribution in [1.82, 2.24) is 15.1 Å². The Labute approximate surface area is 122 Å². The van der Waals surface area contributed by atoms with E-state index in [-0.39, 0.29) is 12.1 Å². The van der Waals surface area contributed by atoms with Gasteiger partial charge in [-0.2, -0.15) is 0 Å². The van der Waals surface area contributed by atoms with E-state index in [1.165, 1.54) is 12.1 Å². The molecule has 21 heavy (non-hydrogen) atoms. The van der Waals surface area contributed by atoms with Gasteiger partial charge in [0.05, 0.1) is 0 Å². The summed E-state index contributed by atoms with van der Waals surface area (Å²) in [5.74, 6) is -1.07. The third kappa shape index (κ3) is 3.32. The summed E-state index contributed by atoms with van der Waals surface area (Å²) in [6, 6.07) is 3.96. The van der Waals surface area contributed by atoms with Crippen LogP contribution in [-0.2, 0) is 6.54 Å². The molecule has 0 aliphatic carbocycles. The topological polar surface area (TPSA) is 35.6 Å². The van der Waals surface area contributed by atoms with Gasteiger partial charge in [0, 0.05) is 44.8 Å². The molecule has 0 radical (unpaired) electrons. The third-order valence-electron chi connectivity index (χ3n) is 4.22. The van der Waals surface area contributed by atoms with E-state index in [4.69, 9.17) is 0 Å². The molecule has 2 aliphatic rings. The second-order valence-electron chi connectivity index (χ2n) is 5.71. The van der Waals surface area contributed by atoms with Gasteiger partial charge in [-0.15, -0.1) is 0 Å². The van der Waals surface area contributed by atoms with Gasteiger partial charge in [-0.3, -0.25) is 4.90 Å². The Morgan fingerprint density at radius 1 is 1.10 bits per heavy atom. The minimum absolute atomic E-state index is 0.0284. The van der Waals surface area contributed by atoms with E-state index in [2.05, 4.69) is 10.2 Å². The molecule has 4 nitrogen and oxygen atoms in total. The average Bonchev–Trinajstić information content (AvgIpc) is 2.85. The summed E-state index contributed by atoms with van der Waals surface area (Å²) in [4.78, 5) is 15.7. The van der Waals surface area contributed by atoms with Crippen molar-refractivity contribution < 1.29 is 13.6 Å². The van der Waals surface area contributed by atoms with Gasteiger partial charge in [0.1, 0.15) is 11.6 Å². The van der Waals surface area contributed by atoms with Crippen molar-refractivity contribution in [1.29, 1.82) is 0 Å². The number of benzene rings is 1. The summed E-state index contributed by atoms with van der Waals surface area (Å²) >= 11 is 0. The maximum atomic E-state index is 13.2. The van der Waals surface area contributed by atoms with Crippen LogP contribution in [0.4, 0.5) is 13.6 Å². The van der Waals surface area contributed by atoms with Crippen LogP contribution in [0, 0.1) is 11.6 Å². The van der Waals surface area contributed by atoms with E-state index >= 15 is 0 Å². The van der Waals surface area contributed by atoms with Gasteiger partial charge in [0.2, 0.25) is 0 Å². The fraction of sp³-hybridized carbons (Fsp3) is 0.533.